The van der Waals surface area contributed by atoms with Gasteiger partial charge in [0.2, 0.25) is 11.8 Å². The molecule has 2 unspecified atom stereocenters. The molecule has 0 spiro atoms. The number of urea groups is 1. The summed E-state index contributed by atoms with van der Waals surface area (Å²) < 4.78 is 8.10. The first-order chi connectivity index (χ1) is 33.2. The highest BCUT2D eigenvalue weighted by molar-refractivity contribution is 6.23. The molecule has 3 aromatic carbocycles. The number of hydrogen-bond donors (Lipinski definition) is 2. The molecule has 5 aromatic rings. The average molecular weight is 920 g/mol. The van der Waals surface area contributed by atoms with Gasteiger partial charge in [0.25, 0.3) is 11.8 Å². The van der Waals surface area contributed by atoms with Crippen LogP contribution in [0.1, 0.15) is 91.0 Å². The molecule has 2 aromatic heterocycles. The van der Waals surface area contributed by atoms with E-state index in [1.165, 1.54) is 6.33 Å². The minimum absolute atomic E-state index is 0.0903. The number of fused-ring (bicyclic) bond motifs is 2. The zero-order valence-corrected chi connectivity index (χ0v) is 38.2. The van der Waals surface area contributed by atoms with E-state index in [0.29, 0.717) is 34.8 Å². The Hall–Kier alpha value is -6.88. The van der Waals surface area contributed by atoms with Gasteiger partial charge in [-0.3, -0.25) is 34.3 Å². The number of aromatic nitrogens is 4. The van der Waals surface area contributed by atoms with Crippen LogP contribution >= 0.6 is 0 Å². The monoisotopic (exact) mass is 919 g/mol. The molecule has 0 aliphatic carbocycles. The molecule has 352 valence electrons. The lowest BCUT2D eigenvalue weighted by Gasteiger charge is -2.44. The number of carbonyl (C=O) groups excluding carboxylic acids is 5. The van der Waals surface area contributed by atoms with Crippen molar-refractivity contribution in [3.63, 3.8) is 0 Å². The maximum absolute atomic E-state index is 13.9. The Bertz CT molecular complexity index is 2740. The zero-order chi connectivity index (χ0) is 46.5. The summed E-state index contributed by atoms with van der Waals surface area (Å²) >= 11 is 0. The third-order valence-electron chi connectivity index (χ3n) is 15.5. The molecule has 17 nitrogen and oxygen atoms in total. The van der Waals surface area contributed by atoms with E-state index in [0.717, 1.165) is 148 Å². The van der Waals surface area contributed by atoms with E-state index in [1.807, 2.05) is 60.7 Å². The predicted molar refractivity (Wildman–Crippen MR) is 254 cm³/mol. The van der Waals surface area contributed by atoms with Crippen LogP contribution in [-0.4, -0.2) is 133 Å². The van der Waals surface area contributed by atoms with Crippen LogP contribution < -0.4 is 20.7 Å². The van der Waals surface area contributed by atoms with Crippen molar-refractivity contribution in [2.24, 2.45) is 11.8 Å². The number of carbonyl (C=O) groups is 5. The van der Waals surface area contributed by atoms with E-state index in [1.54, 1.807) is 12.1 Å². The second-order valence-corrected chi connectivity index (χ2v) is 19.3. The predicted octanol–water partition coefficient (Wildman–Crippen LogP) is 6.12. The minimum Gasteiger partial charge on any atom is -0.457 e. The van der Waals surface area contributed by atoms with Gasteiger partial charge < -0.3 is 25.2 Å². The van der Waals surface area contributed by atoms with Crippen molar-refractivity contribution in [1.82, 2.24) is 44.7 Å². The van der Waals surface area contributed by atoms with Crippen molar-refractivity contribution in [3.05, 3.63) is 90.3 Å². The van der Waals surface area contributed by atoms with Crippen molar-refractivity contribution >= 4 is 52.2 Å². The summed E-state index contributed by atoms with van der Waals surface area (Å²) in [6, 6.07) is 22.7. The second-order valence-electron chi connectivity index (χ2n) is 19.3. The maximum Gasteiger partial charge on any atom is 0.319 e. The van der Waals surface area contributed by atoms with Crippen LogP contribution in [0.15, 0.2) is 79.1 Å². The van der Waals surface area contributed by atoms with Crippen LogP contribution in [0.2, 0.25) is 0 Å². The van der Waals surface area contributed by atoms with Gasteiger partial charge in [0.15, 0.2) is 5.65 Å². The molecule has 3 N–H and O–H groups in total. The molecule has 6 aliphatic rings. The first-order valence-corrected chi connectivity index (χ1v) is 24.4. The van der Waals surface area contributed by atoms with Gasteiger partial charge in [0.1, 0.15) is 35.4 Å². The summed E-state index contributed by atoms with van der Waals surface area (Å²) in [5, 5.41) is 8.19. The van der Waals surface area contributed by atoms with Crippen LogP contribution in [0.25, 0.3) is 22.3 Å². The largest absolute Gasteiger partial charge is 0.457 e. The Balaban J connectivity index is 0.654. The SMILES string of the molecule is Nc1ncnc2c1c(-c1ccc(Oc3ccccc3)cc1)nn2C1CCCN(C2CCN(C(=O)N3CCC(C4CCN(c5ccc6c(c5)C(=O)N(C5CCC(=O)NC5=O)C6=O)CC4)CC3)CC2)C1. The fourth-order valence-electron chi connectivity index (χ4n) is 11.7. The van der Waals surface area contributed by atoms with Gasteiger partial charge in [-0.05, 0) is 131 Å². The number of anilines is 2. The topological polar surface area (TPSA) is 192 Å². The summed E-state index contributed by atoms with van der Waals surface area (Å²) in [6.45, 7) is 6.63. The Kier molecular flexibility index (Phi) is 11.8. The molecular weight excluding hydrogens is 863 g/mol. The Morgan fingerprint density at radius 3 is 2.09 bits per heavy atom. The number of nitrogens with two attached hydrogens (primary N) is 1. The lowest BCUT2D eigenvalue weighted by atomic mass is 9.78. The van der Waals surface area contributed by atoms with E-state index in [2.05, 4.69) is 34.6 Å². The highest BCUT2D eigenvalue weighted by atomic mass is 16.5. The number of amides is 6. The average Bonchev–Trinajstić information content (AvgIpc) is 3.89. The molecule has 68 heavy (non-hydrogen) atoms. The lowest BCUT2D eigenvalue weighted by Crippen LogP contribution is -2.54. The second kappa shape index (κ2) is 18.3. The van der Waals surface area contributed by atoms with Crippen LogP contribution in [0, 0.1) is 11.8 Å². The van der Waals surface area contributed by atoms with Gasteiger partial charge >= 0.3 is 6.03 Å². The van der Waals surface area contributed by atoms with E-state index in [9.17, 15) is 24.0 Å². The molecule has 11 rings (SSSR count). The fourth-order valence-corrected chi connectivity index (χ4v) is 11.7. The van der Waals surface area contributed by atoms with Gasteiger partial charge in [-0.15, -0.1) is 0 Å². The summed E-state index contributed by atoms with van der Waals surface area (Å²) in [7, 11) is 0. The van der Waals surface area contributed by atoms with Crippen molar-refractivity contribution < 1.29 is 28.7 Å². The number of hydrogen-bond acceptors (Lipinski definition) is 12. The van der Waals surface area contributed by atoms with Crippen LogP contribution in [0.4, 0.5) is 16.3 Å². The molecule has 0 radical (unpaired) electrons. The summed E-state index contributed by atoms with van der Waals surface area (Å²) in [5.74, 6) is 1.08. The number of piperidine rings is 5. The number of imide groups is 2. The third-order valence-corrected chi connectivity index (χ3v) is 15.5. The maximum atomic E-state index is 13.9. The molecule has 5 fully saturated rings. The molecule has 6 aliphatic heterocycles. The van der Waals surface area contributed by atoms with Crippen LogP contribution in [0.5, 0.6) is 11.5 Å². The standard InChI is InChI=1S/C51H57N11O6/c52-46-44-45(34-8-11-39(12-9-34)68-38-6-2-1-3-7-38)56-62(47(44)54-31-53-46)37-5-4-22-60(30-37)35-20-27-59(28-21-35)51(67)58-25-18-33(19-26-58)32-16-23-57(24-17-32)36-10-13-40-41(29-36)50(66)61(49(40)65)42-14-15-43(63)55-48(42)64/h1-3,6-13,29,31-33,35,37,42H,4-5,14-28,30H2,(H2,52,53,54)(H,55,63,64). The molecule has 0 saturated carbocycles. The zero-order valence-electron chi connectivity index (χ0n) is 38.2. The Morgan fingerprint density at radius 1 is 0.691 bits per heavy atom. The van der Waals surface area contributed by atoms with Crippen molar-refractivity contribution in [2.75, 3.05) is 63.0 Å². The van der Waals surface area contributed by atoms with Gasteiger partial charge in [-0.1, -0.05) is 18.2 Å². The molecule has 8 heterocycles. The van der Waals surface area contributed by atoms with Crippen molar-refractivity contribution in [1.29, 1.82) is 0 Å². The number of nitrogens with one attached hydrogen (secondary N) is 1. The minimum atomic E-state index is -0.977. The molecule has 2 atom stereocenters. The first kappa shape index (κ1) is 43.7. The normalized spacial score (nSPS) is 22.5. The van der Waals surface area contributed by atoms with Crippen LogP contribution in [-0.2, 0) is 9.59 Å². The molecular formula is C51H57N11O6. The van der Waals surface area contributed by atoms with Gasteiger partial charge in [0.05, 0.1) is 22.6 Å². The fraction of sp³-hybridized carbons (Fsp3) is 0.451. The smallest absolute Gasteiger partial charge is 0.319 e. The number of nitrogen functional groups attached to an aromatic ring is 1. The summed E-state index contributed by atoms with van der Waals surface area (Å²) in [4.78, 5) is 83.8. The first-order valence-electron chi connectivity index (χ1n) is 24.4. The molecule has 17 heteroatoms. The highest BCUT2D eigenvalue weighted by Crippen LogP contribution is 2.38. The number of ether oxygens (including phenoxy) is 1. The molecule has 6 amide bonds. The van der Waals surface area contributed by atoms with E-state index in [-0.39, 0.29) is 24.9 Å². The Morgan fingerprint density at radius 2 is 1.37 bits per heavy atom. The lowest BCUT2D eigenvalue weighted by molar-refractivity contribution is -0.136. The van der Waals surface area contributed by atoms with Gasteiger partial charge in [0, 0.05) is 69.5 Å². The summed E-state index contributed by atoms with van der Waals surface area (Å²) in [5.41, 5.74) is 10.4. The molecule has 5 saturated heterocycles. The number of para-hydroxylation sites is 1. The van der Waals surface area contributed by atoms with E-state index >= 15 is 0 Å². The summed E-state index contributed by atoms with van der Waals surface area (Å²) in [6.07, 6.45) is 9.71. The van der Waals surface area contributed by atoms with Crippen molar-refractivity contribution in [3.8, 4) is 22.8 Å². The van der Waals surface area contributed by atoms with Gasteiger partial charge in [-0.25, -0.2) is 19.4 Å². The molecule has 0 bridgehead atoms. The van der Waals surface area contributed by atoms with E-state index in [4.69, 9.17) is 20.6 Å². The van der Waals surface area contributed by atoms with Crippen molar-refractivity contribution in [2.45, 2.75) is 82.3 Å². The van der Waals surface area contributed by atoms with Crippen LogP contribution in [0.3, 0.4) is 0 Å². The third kappa shape index (κ3) is 8.30. The highest BCUT2D eigenvalue weighted by Gasteiger charge is 2.45. The van der Waals surface area contributed by atoms with Gasteiger partial charge in [-0.2, -0.15) is 5.10 Å². The quantitative estimate of drug-likeness (QED) is 0.170. The van der Waals surface area contributed by atoms with E-state index < -0.39 is 29.7 Å². The number of nitrogens with zero attached hydrogens (tertiary/aromatic N) is 9. The number of likely N-dealkylation sites (tertiary alicyclic amines) is 3. The number of benzene rings is 3. The Labute approximate surface area is 394 Å². The number of rotatable bonds is 8.